The van der Waals surface area contributed by atoms with Crippen molar-refractivity contribution in [3.63, 3.8) is 0 Å². The van der Waals surface area contributed by atoms with Crippen molar-refractivity contribution in [2.75, 3.05) is 19.4 Å². The fourth-order valence-electron chi connectivity index (χ4n) is 2.84. The Morgan fingerprint density at radius 3 is 2.52 bits per heavy atom. The van der Waals surface area contributed by atoms with E-state index in [1.807, 2.05) is 38.2 Å². The molecule has 2 rings (SSSR count). The summed E-state index contributed by atoms with van der Waals surface area (Å²) in [6.45, 7) is 4.49. The van der Waals surface area contributed by atoms with Crippen LogP contribution >= 0.6 is 0 Å². The standard InChI is InChI=1S/C16H25NO3S/c1-12-6-8-14(9-7-12)16(17-3)13(2)21(18,19)11-15-5-4-10-20-15/h6-9,13,15-17H,4-5,10-11H2,1-3H3. The molecule has 0 aromatic heterocycles. The largest absolute Gasteiger partial charge is 0.377 e. The lowest BCUT2D eigenvalue weighted by molar-refractivity contribution is 0.127. The number of benzene rings is 1. The molecule has 0 amide bonds. The number of nitrogens with one attached hydrogen (secondary N) is 1. The van der Waals surface area contributed by atoms with E-state index < -0.39 is 15.1 Å². The number of hydrogen-bond acceptors (Lipinski definition) is 4. The van der Waals surface area contributed by atoms with Crippen molar-refractivity contribution in [2.24, 2.45) is 0 Å². The van der Waals surface area contributed by atoms with Gasteiger partial charge in [0.25, 0.3) is 0 Å². The molecule has 0 spiro atoms. The van der Waals surface area contributed by atoms with E-state index in [1.54, 1.807) is 6.92 Å². The first kappa shape index (κ1) is 16.5. The van der Waals surface area contributed by atoms with Gasteiger partial charge < -0.3 is 10.1 Å². The van der Waals surface area contributed by atoms with Gasteiger partial charge >= 0.3 is 0 Å². The van der Waals surface area contributed by atoms with Crippen molar-refractivity contribution in [1.29, 1.82) is 0 Å². The molecule has 0 aliphatic carbocycles. The quantitative estimate of drug-likeness (QED) is 0.875. The molecule has 1 fully saturated rings. The summed E-state index contributed by atoms with van der Waals surface area (Å²) in [5, 5.41) is 2.67. The fourth-order valence-corrected chi connectivity index (χ4v) is 4.63. The first-order valence-electron chi connectivity index (χ1n) is 7.51. The molecule has 3 unspecified atom stereocenters. The van der Waals surface area contributed by atoms with Gasteiger partial charge in [0, 0.05) is 12.6 Å². The normalized spacial score (nSPS) is 22.1. The number of rotatable bonds is 6. The van der Waals surface area contributed by atoms with E-state index in [1.165, 1.54) is 5.56 Å². The molecule has 118 valence electrons. The second-order valence-electron chi connectivity index (χ2n) is 5.85. The molecule has 3 atom stereocenters. The molecule has 1 heterocycles. The molecular formula is C16H25NO3S. The van der Waals surface area contributed by atoms with Crippen LogP contribution in [0.25, 0.3) is 0 Å². The van der Waals surface area contributed by atoms with E-state index in [9.17, 15) is 8.42 Å². The van der Waals surface area contributed by atoms with Gasteiger partial charge in [-0.05, 0) is 39.3 Å². The van der Waals surface area contributed by atoms with Crippen LogP contribution in [-0.2, 0) is 14.6 Å². The van der Waals surface area contributed by atoms with Crippen LogP contribution in [0, 0.1) is 6.92 Å². The smallest absolute Gasteiger partial charge is 0.157 e. The average Bonchev–Trinajstić information content (AvgIpc) is 2.93. The van der Waals surface area contributed by atoms with Crippen molar-refractivity contribution < 1.29 is 13.2 Å². The minimum Gasteiger partial charge on any atom is -0.377 e. The van der Waals surface area contributed by atoms with Crippen LogP contribution in [0.4, 0.5) is 0 Å². The van der Waals surface area contributed by atoms with Gasteiger partial charge in [-0.1, -0.05) is 29.8 Å². The van der Waals surface area contributed by atoms with Crippen molar-refractivity contribution in [3.8, 4) is 0 Å². The van der Waals surface area contributed by atoms with Gasteiger partial charge in [0.2, 0.25) is 0 Å². The molecule has 1 N–H and O–H groups in total. The van der Waals surface area contributed by atoms with Crippen LogP contribution in [0.2, 0.25) is 0 Å². The molecule has 21 heavy (non-hydrogen) atoms. The zero-order valence-electron chi connectivity index (χ0n) is 13.0. The predicted octanol–water partition coefficient (Wildman–Crippen LogP) is 2.24. The molecule has 1 aliphatic rings. The summed E-state index contributed by atoms with van der Waals surface area (Å²) in [5.74, 6) is 0.123. The Bertz CT molecular complexity index is 547. The van der Waals surface area contributed by atoms with Gasteiger partial charge in [-0.2, -0.15) is 0 Å². The average molecular weight is 311 g/mol. The van der Waals surface area contributed by atoms with Crippen LogP contribution in [0.1, 0.15) is 36.9 Å². The molecule has 1 aromatic rings. The zero-order chi connectivity index (χ0) is 15.5. The highest BCUT2D eigenvalue weighted by Gasteiger charge is 2.33. The lowest BCUT2D eigenvalue weighted by Crippen LogP contribution is -2.37. The SMILES string of the molecule is CNC(c1ccc(C)cc1)C(C)S(=O)(=O)CC1CCCO1. The van der Waals surface area contributed by atoms with E-state index in [-0.39, 0.29) is 17.9 Å². The summed E-state index contributed by atoms with van der Waals surface area (Å²) in [4.78, 5) is 0. The van der Waals surface area contributed by atoms with Crippen LogP contribution < -0.4 is 5.32 Å². The monoisotopic (exact) mass is 311 g/mol. The number of sulfone groups is 1. The maximum Gasteiger partial charge on any atom is 0.157 e. The van der Waals surface area contributed by atoms with Crippen molar-refractivity contribution in [1.82, 2.24) is 5.32 Å². The van der Waals surface area contributed by atoms with Gasteiger partial charge in [-0.25, -0.2) is 8.42 Å². The minimum atomic E-state index is -3.20. The van der Waals surface area contributed by atoms with Crippen molar-refractivity contribution in [3.05, 3.63) is 35.4 Å². The molecule has 4 nitrogen and oxygen atoms in total. The topological polar surface area (TPSA) is 55.4 Å². The predicted molar refractivity (Wildman–Crippen MR) is 85.2 cm³/mol. The molecule has 1 saturated heterocycles. The third-order valence-electron chi connectivity index (χ3n) is 4.23. The van der Waals surface area contributed by atoms with E-state index in [0.717, 1.165) is 18.4 Å². The molecule has 1 aliphatic heterocycles. The summed E-state index contributed by atoms with van der Waals surface area (Å²) >= 11 is 0. The van der Waals surface area contributed by atoms with E-state index in [2.05, 4.69) is 5.32 Å². The number of ether oxygens (including phenoxy) is 1. The summed E-state index contributed by atoms with van der Waals surface area (Å²) in [7, 11) is -1.39. The first-order valence-corrected chi connectivity index (χ1v) is 9.22. The maximum atomic E-state index is 12.6. The second-order valence-corrected chi connectivity index (χ2v) is 8.25. The molecule has 5 heteroatoms. The first-order chi connectivity index (χ1) is 9.94. The highest BCUT2D eigenvalue weighted by Crippen LogP contribution is 2.25. The molecule has 0 saturated carbocycles. The lowest BCUT2D eigenvalue weighted by Gasteiger charge is -2.25. The Labute approximate surface area is 127 Å². The summed E-state index contributed by atoms with van der Waals surface area (Å²) < 4.78 is 30.7. The Kier molecular flexibility index (Phi) is 5.41. The fraction of sp³-hybridized carbons (Fsp3) is 0.625. The van der Waals surface area contributed by atoms with Gasteiger partial charge in [0.1, 0.15) is 0 Å². The lowest BCUT2D eigenvalue weighted by atomic mass is 10.0. The summed E-state index contributed by atoms with van der Waals surface area (Å²) in [6, 6.07) is 7.82. The summed E-state index contributed by atoms with van der Waals surface area (Å²) in [5.41, 5.74) is 2.18. The number of hydrogen-bond donors (Lipinski definition) is 1. The van der Waals surface area contributed by atoms with Crippen LogP contribution in [-0.4, -0.2) is 39.2 Å². The van der Waals surface area contributed by atoms with Crippen LogP contribution in [0.3, 0.4) is 0 Å². The minimum absolute atomic E-state index is 0.123. The van der Waals surface area contributed by atoms with E-state index >= 15 is 0 Å². The molecular weight excluding hydrogens is 286 g/mol. The van der Waals surface area contributed by atoms with Gasteiger partial charge in [0.15, 0.2) is 9.84 Å². The maximum absolute atomic E-state index is 12.6. The Morgan fingerprint density at radius 2 is 2.00 bits per heavy atom. The highest BCUT2D eigenvalue weighted by atomic mass is 32.2. The van der Waals surface area contributed by atoms with Crippen molar-refractivity contribution in [2.45, 2.75) is 44.1 Å². The third-order valence-corrected chi connectivity index (χ3v) is 6.47. The summed E-state index contributed by atoms with van der Waals surface area (Å²) in [6.07, 6.45) is 1.68. The van der Waals surface area contributed by atoms with Crippen LogP contribution in [0.5, 0.6) is 0 Å². The molecule has 0 bridgehead atoms. The number of aryl methyl sites for hydroxylation is 1. The van der Waals surface area contributed by atoms with Gasteiger partial charge in [0.05, 0.1) is 17.1 Å². The van der Waals surface area contributed by atoms with Crippen molar-refractivity contribution >= 4 is 9.84 Å². The van der Waals surface area contributed by atoms with E-state index in [0.29, 0.717) is 6.61 Å². The van der Waals surface area contributed by atoms with Gasteiger partial charge in [-0.15, -0.1) is 0 Å². The highest BCUT2D eigenvalue weighted by molar-refractivity contribution is 7.92. The van der Waals surface area contributed by atoms with Gasteiger partial charge in [-0.3, -0.25) is 0 Å². The molecule has 0 radical (unpaired) electrons. The van der Waals surface area contributed by atoms with E-state index in [4.69, 9.17) is 4.74 Å². The Hall–Kier alpha value is -0.910. The Balaban J connectivity index is 2.14. The molecule has 1 aromatic carbocycles. The second kappa shape index (κ2) is 6.90. The van der Waals surface area contributed by atoms with Crippen LogP contribution in [0.15, 0.2) is 24.3 Å². The zero-order valence-corrected chi connectivity index (χ0v) is 13.8. The third kappa shape index (κ3) is 4.05. The Morgan fingerprint density at radius 1 is 1.33 bits per heavy atom.